The van der Waals surface area contributed by atoms with Crippen LogP contribution < -0.4 is 15.5 Å². The normalized spacial score (nSPS) is 15.0. The molecule has 0 spiro atoms. The number of carbonyl (C=O) groups excluding carboxylic acids is 1. The van der Waals surface area contributed by atoms with Gasteiger partial charge < -0.3 is 15.5 Å². The Morgan fingerprint density at radius 3 is 2.58 bits per heavy atom. The molecule has 1 saturated heterocycles. The van der Waals surface area contributed by atoms with E-state index in [-0.39, 0.29) is 5.91 Å². The van der Waals surface area contributed by atoms with Gasteiger partial charge in [0.1, 0.15) is 0 Å². The number of guanidine groups is 1. The Kier molecular flexibility index (Phi) is 7.59. The highest BCUT2D eigenvalue weighted by atomic mass is 16.2. The average Bonchev–Trinajstić information content (AvgIpc) is 3.04. The fraction of sp³-hybridized carbons (Fsp3) is 0.579. The van der Waals surface area contributed by atoms with Crippen molar-refractivity contribution >= 4 is 17.6 Å². The molecule has 0 saturated carbocycles. The van der Waals surface area contributed by atoms with E-state index < -0.39 is 0 Å². The quantitative estimate of drug-likeness (QED) is 0.437. The van der Waals surface area contributed by atoms with Crippen molar-refractivity contribution in [3.05, 3.63) is 29.8 Å². The van der Waals surface area contributed by atoms with Crippen molar-refractivity contribution in [1.29, 1.82) is 0 Å². The van der Waals surface area contributed by atoms with Crippen LogP contribution in [0.3, 0.4) is 0 Å². The molecule has 1 aromatic carbocycles. The first-order valence-electron chi connectivity index (χ1n) is 9.08. The lowest BCUT2D eigenvalue weighted by molar-refractivity contribution is -0.117. The summed E-state index contributed by atoms with van der Waals surface area (Å²) in [6.07, 6.45) is 6.61. The summed E-state index contributed by atoms with van der Waals surface area (Å²) in [7, 11) is 1.80. The van der Waals surface area contributed by atoms with Crippen molar-refractivity contribution in [2.75, 3.05) is 25.0 Å². The number of carbonyl (C=O) groups is 1. The smallest absolute Gasteiger partial charge is 0.227 e. The topological polar surface area (TPSA) is 56.7 Å². The Morgan fingerprint density at radius 2 is 1.96 bits per heavy atom. The molecule has 0 atom stereocenters. The molecule has 5 heteroatoms. The number of aliphatic imine (C=N–C) groups is 1. The minimum atomic E-state index is 0.230. The lowest BCUT2D eigenvalue weighted by Crippen LogP contribution is -2.37. The van der Waals surface area contributed by atoms with Crippen LogP contribution >= 0.6 is 0 Å². The first kappa shape index (κ1) is 18.3. The van der Waals surface area contributed by atoms with E-state index in [1.54, 1.807) is 7.05 Å². The zero-order valence-corrected chi connectivity index (χ0v) is 15.0. The molecule has 1 fully saturated rings. The van der Waals surface area contributed by atoms with Crippen molar-refractivity contribution in [3.63, 3.8) is 0 Å². The van der Waals surface area contributed by atoms with E-state index in [4.69, 9.17) is 0 Å². The molecule has 24 heavy (non-hydrogen) atoms. The van der Waals surface area contributed by atoms with E-state index in [0.717, 1.165) is 37.7 Å². The predicted molar refractivity (Wildman–Crippen MR) is 100 cm³/mol. The van der Waals surface area contributed by atoms with Gasteiger partial charge in [-0.15, -0.1) is 0 Å². The van der Waals surface area contributed by atoms with Gasteiger partial charge in [-0.05, 0) is 30.5 Å². The molecule has 2 rings (SSSR count). The number of nitrogens with zero attached hydrogens (tertiary/aromatic N) is 2. The van der Waals surface area contributed by atoms with Crippen LogP contribution in [0.25, 0.3) is 0 Å². The summed E-state index contributed by atoms with van der Waals surface area (Å²) in [6.45, 7) is 4.74. The Bertz CT molecular complexity index is 539. The van der Waals surface area contributed by atoms with Gasteiger partial charge in [0, 0.05) is 38.8 Å². The molecular weight excluding hydrogens is 300 g/mol. The van der Waals surface area contributed by atoms with Crippen LogP contribution in [-0.2, 0) is 11.3 Å². The maximum atomic E-state index is 11.8. The van der Waals surface area contributed by atoms with Gasteiger partial charge in [0.2, 0.25) is 5.91 Å². The van der Waals surface area contributed by atoms with Gasteiger partial charge in [-0.25, -0.2) is 0 Å². The van der Waals surface area contributed by atoms with Crippen molar-refractivity contribution in [3.8, 4) is 0 Å². The van der Waals surface area contributed by atoms with Gasteiger partial charge in [0.25, 0.3) is 0 Å². The molecular formula is C19H30N4O. The second-order valence-electron chi connectivity index (χ2n) is 6.23. The fourth-order valence-corrected chi connectivity index (χ4v) is 2.88. The summed E-state index contributed by atoms with van der Waals surface area (Å²) in [5, 5.41) is 6.68. The lowest BCUT2D eigenvalue weighted by Gasteiger charge is -2.16. The Morgan fingerprint density at radius 1 is 1.17 bits per heavy atom. The molecule has 0 unspecified atom stereocenters. The Labute approximate surface area is 145 Å². The number of hydrogen-bond acceptors (Lipinski definition) is 2. The Hall–Kier alpha value is -2.04. The monoisotopic (exact) mass is 330 g/mol. The maximum absolute atomic E-state index is 11.8. The summed E-state index contributed by atoms with van der Waals surface area (Å²) < 4.78 is 0. The van der Waals surface area contributed by atoms with E-state index >= 15 is 0 Å². The number of amides is 1. The molecule has 5 nitrogen and oxygen atoms in total. The summed E-state index contributed by atoms with van der Waals surface area (Å²) >= 11 is 0. The largest absolute Gasteiger partial charge is 0.356 e. The standard InChI is InChI=1S/C19H30N4O/c1-3-4-5-6-13-21-19(20-2)22-15-16-9-11-17(12-10-16)23-14-7-8-18(23)24/h9-12H,3-8,13-15H2,1-2H3,(H2,20,21,22). The summed E-state index contributed by atoms with van der Waals surface area (Å²) in [5.41, 5.74) is 2.18. The fourth-order valence-electron chi connectivity index (χ4n) is 2.88. The molecule has 0 aliphatic carbocycles. The van der Waals surface area contributed by atoms with Gasteiger partial charge in [-0.2, -0.15) is 0 Å². The highest BCUT2D eigenvalue weighted by Crippen LogP contribution is 2.21. The highest BCUT2D eigenvalue weighted by molar-refractivity contribution is 5.95. The van der Waals surface area contributed by atoms with Crippen LogP contribution in [0.2, 0.25) is 0 Å². The first-order chi connectivity index (χ1) is 11.7. The van der Waals surface area contributed by atoms with Crippen LogP contribution in [0.15, 0.2) is 29.3 Å². The van der Waals surface area contributed by atoms with Gasteiger partial charge in [0.05, 0.1) is 0 Å². The number of anilines is 1. The number of nitrogens with one attached hydrogen (secondary N) is 2. The van der Waals surface area contributed by atoms with Crippen LogP contribution in [0.1, 0.15) is 51.0 Å². The summed E-state index contributed by atoms with van der Waals surface area (Å²) in [5.74, 6) is 1.07. The third-order valence-electron chi connectivity index (χ3n) is 4.33. The van der Waals surface area contributed by atoms with Gasteiger partial charge in [-0.1, -0.05) is 38.3 Å². The average molecular weight is 330 g/mol. The molecule has 1 aliphatic rings. The van der Waals surface area contributed by atoms with Gasteiger partial charge >= 0.3 is 0 Å². The minimum Gasteiger partial charge on any atom is -0.356 e. The summed E-state index contributed by atoms with van der Waals surface area (Å²) in [4.78, 5) is 17.9. The van der Waals surface area contributed by atoms with Crippen LogP contribution in [0.5, 0.6) is 0 Å². The predicted octanol–water partition coefficient (Wildman–Crippen LogP) is 3.06. The van der Waals surface area contributed by atoms with E-state index in [2.05, 4.69) is 34.7 Å². The van der Waals surface area contributed by atoms with E-state index in [1.165, 1.54) is 31.2 Å². The summed E-state index contributed by atoms with van der Waals surface area (Å²) in [6, 6.07) is 8.20. The van der Waals surface area contributed by atoms with Crippen molar-refractivity contribution < 1.29 is 4.79 Å². The second-order valence-corrected chi connectivity index (χ2v) is 6.23. The number of benzene rings is 1. The molecule has 0 radical (unpaired) electrons. The van der Waals surface area contributed by atoms with Crippen LogP contribution in [0.4, 0.5) is 5.69 Å². The number of hydrogen-bond donors (Lipinski definition) is 2. The third kappa shape index (κ3) is 5.55. The van der Waals surface area contributed by atoms with E-state index in [0.29, 0.717) is 6.42 Å². The maximum Gasteiger partial charge on any atom is 0.227 e. The van der Waals surface area contributed by atoms with Crippen LogP contribution in [-0.4, -0.2) is 32.0 Å². The number of unbranched alkanes of at least 4 members (excludes halogenated alkanes) is 3. The molecule has 1 amide bonds. The van der Waals surface area contributed by atoms with Gasteiger partial charge in [0.15, 0.2) is 5.96 Å². The van der Waals surface area contributed by atoms with Crippen molar-refractivity contribution in [1.82, 2.24) is 10.6 Å². The molecule has 0 bridgehead atoms. The zero-order chi connectivity index (χ0) is 17.2. The molecule has 1 aliphatic heterocycles. The molecule has 0 aromatic heterocycles. The first-order valence-corrected chi connectivity index (χ1v) is 9.08. The van der Waals surface area contributed by atoms with E-state index in [9.17, 15) is 4.79 Å². The zero-order valence-electron chi connectivity index (χ0n) is 15.0. The van der Waals surface area contributed by atoms with Gasteiger partial charge in [-0.3, -0.25) is 9.79 Å². The molecule has 1 aromatic rings. The second kappa shape index (κ2) is 9.96. The minimum absolute atomic E-state index is 0.230. The van der Waals surface area contributed by atoms with Crippen LogP contribution in [0, 0.1) is 0 Å². The van der Waals surface area contributed by atoms with Crippen molar-refractivity contribution in [2.24, 2.45) is 4.99 Å². The van der Waals surface area contributed by atoms with E-state index in [1.807, 2.05) is 17.0 Å². The SMILES string of the molecule is CCCCCCNC(=NC)NCc1ccc(N2CCCC2=O)cc1. The Balaban J connectivity index is 1.75. The van der Waals surface area contributed by atoms with Crippen molar-refractivity contribution in [2.45, 2.75) is 52.0 Å². The third-order valence-corrected chi connectivity index (χ3v) is 4.33. The molecule has 132 valence electrons. The molecule has 2 N–H and O–H groups in total. The molecule has 1 heterocycles. The lowest BCUT2D eigenvalue weighted by atomic mass is 10.2. The highest BCUT2D eigenvalue weighted by Gasteiger charge is 2.21. The number of rotatable bonds is 8.